The summed E-state index contributed by atoms with van der Waals surface area (Å²) in [6.45, 7) is 0.162. The number of hydrogen-bond acceptors (Lipinski definition) is 5. The van der Waals surface area contributed by atoms with E-state index in [1.165, 1.54) is 12.1 Å². The largest absolute Gasteiger partial charge is 0.496 e. The fourth-order valence-corrected chi connectivity index (χ4v) is 5.65. The van der Waals surface area contributed by atoms with Crippen LogP contribution in [0.5, 0.6) is 5.75 Å². The van der Waals surface area contributed by atoms with Gasteiger partial charge in [0.1, 0.15) is 18.3 Å². The molecule has 9 nitrogen and oxygen atoms in total. The van der Waals surface area contributed by atoms with E-state index in [-0.39, 0.29) is 30.6 Å². The Morgan fingerprint density at radius 1 is 1.05 bits per heavy atom. The highest BCUT2D eigenvalue weighted by molar-refractivity contribution is 5.97. The zero-order valence-corrected chi connectivity index (χ0v) is 20.1. The maximum absolute atomic E-state index is 13.9. The number of para-hydroxylation sites is 2. The monoisotopic (exact) mass is 496 g/mol. The number of ether oxygens (including phenoxy) is 1. The van der Waals surface area contributed by atoms with E-state index in [1.54, 1.807) is 29.0 Å². The van der Waals surface area contributed by atoms with Gasteiger partial charge in [-0.1, -0.05) is 48.5 Å². The first kappa shape index (κ1) is 22.8. The number of carbonyl (C=O) groups excluding carboxylic acids is 2. The van der Waals surface area contributed by atoms with E-state index in [4.69, 9.17) is 4.74 Å². The Morgan fingerprint density at radius 2 is 1.84 bits per heavy atom. The quantitative estimate of drug-likeness (QED) is 0.332. The van der Waals surface area contributed by atoms with Crippen molar-refractivity contribution in [3.05, 3.63) is 105 Å². The van der Waals surface area contributed by atoms with Crippen LogP contribution in [0.15, 0.2) is 72.8 Å². The molecule has 2 aliphatic rings. The molecule has 0 saturated carbocycles. The number of non-ortho nitro benzene ring substituents is 1. The number of fused-ring (bicyclic) bond motifs is 4. The third kappa shape index (κ3) is 3.70. The molecule has 0 spiro atoms. The van der Waals surface area contributed by atoms with Gasteiger partial charge in [0.15, 0.2) is 0 Å². The van der Waals surface area contributed by atoms with Crippen LogP contribution >= 0.6 is 0 Å². The lowest BCUT2D eigenvalue weighted by atomic mass is 9.86. The topological polar surface area (TPSA) is 109 Å². The van der Waals surface area contributed by atoms with Crippen molar-refractivity contribution in [1.29, 1.82) is 0 Å². The Labute approximate surface area is 212 Å². The minimum Gasteiger partial charge on any atom is -0.496 e. The molecule has 3 heterocycles. The van der Waals surface area contributed by atoms with Crippen molar-refractivity contribution >= 4 is 28.4 Å². The van der Waals surface area contributed by atoms with E-state index >= 15 is 0 Å². The highest BCUT2D eigenvalue weighted by Crippen LogP contribution is 2.43. The minimum atomic E-state index is -0.730. The van der Waals surface area contributed by atoms with Crippen LogP contribution in [0.2, 0.25) is 0 Å². The summed E-state index contributed by atoms with van der Waals surface area (Å²) in [4.78, 5) is 45.3. The molecular formula is C28H24N4O5. The van der Waals surface area contributed by atoms with E-state index in [0.29, 0.717) is 17.7 Å². The number of amides is 2. The van der Waals surface area contributed by atoms with Gasteiger partial charge in [0.25, 0.3) is 5.69 Å². The molecule has 2 amide bonds. The highest BCUT2D eigenvalue weighted by atomic mass is 16.6. The zero-order valence-electron chi connectivity index (χ0n) is 20.1. The van der Waals surface area contributed by atoms with Crippen LogP contribution in [0.1, 0.15) is 28.4 Å². The zero-order chi connectivity index (χ0) is 25.7. The number of methoxy groups -OCH3 is 1. The molecule has 0 unspecified atom stereocenters. The maximum atomic E-state index is 13.9. The van der Waals surface area contributed by atoms with Crippen LogP contribution in [0.25, 0.3) is 10.9 Å². The normalized spacial score (nSPS) is 19.1. The second-order valence-corrected chi connectivity index (χ2v) is 9.34. The summed E-state index contributed by atoms with van der Waals surface area (Å²) in [6.07, 6.45) is 0.359. The Balaban J connectivity index is 1.46. The molecule has 4 aromatic rings. The van der Waals surface area contributed by atoms with Crippen LogP contribution < -0.4 is 4.74 Å². The second-order valence-electron chi connectivity index (χ2n) is 9.34. The second kappa shape index (κ2) is 8.77. The summed E-state index contributed by atoms with van der Waals surface area (Å²) >= 11 is 0. The number of H-pyrrole nitrogens is 1. The number of nitro benzene ring substituents is 1. The molecule has 2 aliphatic heterocycles. The molecule has 0 radical (unpaired) electrons. The van der Waals surface area contributed by atoms with Gasteiger partial charge in [0, 0.05) is 47.3 Å². The minimum absolute atomic E-state index is 0.0640. The van der Waals surface area contributed by atoms with Crippen molar-refractivity contribution in [2.24, 2.45) is 0 Å². The number of hydrogen-bond donors (Lipinski definition) is 1. The Hall–Kier alpha value is -4.66. The maximum Gasteiger partial charge on any atom is 0.269 e. The fourth-order valence-electron chi connectivity index (χ4n) is 5.65. The van der Waals surface area contributed by atoms with E-state index < -0.39 is 17.0 Å². The third-order valence-corrected chi connectivity index (χ3v) is 7.29. The average molecular weight is 497 g/mol. The Bertz CT molecular complexity index is 1560. The number of benzene rings is 3. The lowest BCUT2D eigenvalue weighted by molar-refractivity contribution is -0.384. The first-order valence-corrected chi connectivity index (χ1v) is 12.0. The van der Waals surface area contributed by atoms with Crippen LogP contribution in [-0.4, -0.2) is 51.2 Å². The van der Waals surface area contributed by atoms with Gasteiger partial charge in [-0.3, -0.25) is 19.7 Å². The van der Waals surface area contributed by atoms with Crippen molar-refractivity contribution in [3.63, 3.8) is 0 Å². The van der Waals surface area contributed by atoms with Gasteiger partial charge in [0.2, 0.25) is 11.8 Å². The summed E-state index contributed by atoms with van der Waals surface area (Å²) in [5, 5.41) is 12.5. The molecule has 3 aromatic carbocycles. The Kier molecular flexibility index (Phi) is 5.40. The van der Waals surface area contributed by atoms with E-state index in [1.807, 2.05) is 48.5 Å². The fraction of sp³-hybridized carbons (Fsp3) is 0.214. The first-order valence-electron chi connectivity index (χ1n) is 12.0. The van der Waals surface area contributed by atoms with Crippen LogP contribution in [0.4, 0.5) is 5.69 Å². The van der Waals surface area contributed by atoms with E-state index in [9.17, 15) is 19.7 Å². The van der Waals surface area contributed by atoms with Crippen molar-refractivity contribution in [2.45, 2.75) is 25.0 Å². The summed E-state index contributed by atoms with van der Waals surface area (Å²) in [5.41, 5.74) is 3.98. The molecule has 0 bridgehead atoms. The summed E-state index contributed by atoms with van der Waals surface area (Å²) in [6, 6.07) is 20.2. The molecule has 9 heteroatoms. The average Bonchev–Trinajstić information content (AvgIpc) is 3.29. The van der Waals surface area contributed by atoms with Crippen molar-refractivity contribution in [2.75, 3.05) is 13.7 Å². The summed E-state index contributed by atoms with van der Waals surface area (Å²) in [5.74, 6) is 0.291. The number of aromatic amines is 1. The molecule has 6 rings (SSSR count). The number of carbonyl (C=O) groups is 2. The molecule has 1 aromatic heterocycles. The van der Waals surface area contributed by atoms with Gasteiger partial charge in [-0.05, 0) is 23.3 Å². The van der Waals surface area contributed by atoms with Crippen LogP contribution in [0.3, 0.4) is 0 Å². The molecule has 37 heavy (non-hydrogen) atoms. The van der Waals surface area contributed by atoms with Gasteiger partial charge < -0.3 is 19.5 Å². The van der Waals surface area contributed by atoms with Crippen molar-refractivity contribution < 1.29 is 19.2 Å². The van der Waals surface area contributed by atoms with Crippen LogP contribution in [-0.2, 0) is 22.6 Å². The molecule has 1 fully saturated rings. The molecule has 0 aliphatic carbocycles. The predicted octanol–water partition coefficient (Wildman–Crippen LogP) is 3.97. The number of nitrogens with one attached hydrogen (secondary N) is 1. The van der Waals surface area contributed by atoms with Gasteiger partial charge >= 0.3 is 0 Å². The smallest absolute Gasteiger partial charge is 0.269 e. The van der Waals surface area contributed by atoms with Gasteiger partial charge in [-0.2, -0.15) is 0 Å². The SMILES string of the molecule is COc1ccccc1CN1CC(=O)N2[C@@H](c3cccc([N+](=O)[O-])c3)c3[nH]c4ccccc4c3C[C@@H]2C1=O. The number of nitro groups is 1. The number of aromatic nitrogens is 1. The third-order valence-electron chi connectivity index (χ3n) is 7.29. The van der Waals surface area contributed by atoms with Crippen molar-refractivity contribution in [3.8, 4) is 5.75 Å². The van der Waals surface area contributed by atoms with Gasteiger partial charge in [0.05, 0.1) is 18.1 Å². The molecule has 186 valence electrons. The molecule has 1 saturated heterocycles. The Morgan fingerprint density at radius 3 is 2.65 bits per heavy atom. The number of nitrogens with zero attached hydrogens (tertiary/aromatic N) is 3. The molecular weight excluding hydrogens is 472 g/mol. The predicted molar refractivity (Wildman–Crippen MR) is 136 cm³/mol. The van der Waals surface area contributed by atoms with Crippen LogP contribution in [0, 0.1) is 10.1 Å². The number of rotatable bonds is 5. The summed E-state index contributed by atoms with van der Waals surface area (Å²) in [7, 11) is 1.58. The van der Waals surface area contributed by atoms with Crippen molar-refractivity contribution in [1.82, 2.24) is 14.8 Å². The molecule has 2 atom stereocenters. The summed E-state index contributed by atoms with van der Waals surface area (Å²) < 4.78 is 5.45. The lowest BCUT2D eigenvalue weighted by Crippen LogP contribution is -2.62. The van der Waals surface area contributed by atoms with Gasteiger partial charge in [-0.15, -0.1) is 0 Å². The van der Waals surface area contributed by atoms with Gasteiger partial charge in [-0.25, -0.2) is 0 Å². The van der Waals surface area contributed by atoms with E-state index in [0.717, 1.165) is 27.7 Å². The van der Waals surface area contributed by atoms with E-state index in [2.05, 4.69) is 4.98 Å². The standard InChI is InChI=1S/C28H24N4O5/c1-37-24-12-5-2-7-18(24)15-30-16-25(33)31-23(28(30)34)14-21-20-10-3-4-11-22(20)29-26(21)27(31)17-8-6-9-19(13-17)32(35)36/h2-13,23,27,29H,14-16H2,1H3/t23-,27+/m1/s1. The molecule has 1 N–H and O–H groups in total. The number of piperazine rings is 1. The highest BCUT2D eigenvalue weighted by Gasteiger charge is 2.48. The lowest BCUT2D eigenvalue weighted by Gasteiger charge is -2.47. The first-order chi connectivity index (χ1) is 18.0.